The molecule has 0 heterocycles. The number of fused-ring (bicyclic) bond motifs is 4. The molecular weight excluding hydrogens is 468 g/mol. The number of carbonyl (C=O) groups excluding carboxylic acids is 4. The topological polar surface area (TPSA) is 109 Å². The highest BCUT2D eigenvalue weighted by Crippen LogP contribution is 2.71. The smallest absolute Gasteiger partial charge is 0.160 e. The van der Waals surface area contributed by atoms with Gasteiger partial charge in [-0.3, -0.25) is 14.4 Å². The number of allylic oxidation sites excluding steroid dienone is 1. The molecule has 6 nitrogen and oxygen atoms in total. The predicted octanol–water partition coefficient (Wildman–Crippen LogP) is 4.64. The van der Waals surface area contributed by atoms with Gasteiger partial charge in [-0.15, -0.1) is 0 Å². The summed E-state index contributed by atoms with van der Waals surface area (Å²) < 4.78 is 0. The number of aldehydes is 1. The highest BCUT2D eigenvalue weighted by Gasteiger charge is 2.70. The van der Waals surface area contributed by atoms with Gasteiger partial charge in [0.1, 0.15) is 17.9 Å². The van der Waals surface area contributed by atoms with E-state index in [-0.39, 0.29) is 47.4 Å². The molecule has 0 spiro atoms. The van der Waals surface area contributed by atoms with Gasteiger partial charge in [0.2, 0.25) is 0 Å². The molecular formula is C31H46O6. The summed E-state index contributed by atoms with van der Waals surface area (Å²) in [5, 5.41) is 23.3. The van der Waals surface area contributed by atoms with Crippen molar-refractivity contribution >= 4 is 23.6 Å². The van der Waals surface area contributed by atoms with Crippen molar-refractivity contribution < 1.29 is 29.4 Å². The Bertz CT molecular complexity index is 1040. The molecule has 0 aromatic carbocycles. The van der Waals surface area contributed by atoms with E-state index < -0.39 is 33.9 Å². The summed E-state index contributed by atoms with van der Waals surface area (Å²) in [5.74, 6) is 0.106. The van der Waals surface area contributed by atoms with Crippen LogP contribution < -0.4 is 0 Å². The molecule has 2 saturated carbocycles. The van der Waals surface area contributed by atoms with E-state index in [0.29, 0.717) is 56.1 Å². The maximum Gasteiger partial charge on any atom is 0.160 e. The van der Waals surface area contributed by atoms with Gasteiger partial charge in [-0.25, -0.2) is 0 Å². The van der Waals surface area contributed by atoms with Crippen molar-refractivity contribution in [1.29, 1.82) is 0 Å². The van der Waals surface area contributed by atoms with Crippen LogP contribution in [0.3, 0.4) is 0 Å². The number of carbonyl (C=O) groups is 4. The summed E-state index contributed by atoms with van der Waals surface area (Å²) in [6.45, 7) is 14.0. The molecule has 0 aromatic heterocycles. The second-order valence-corrected chi connectivity index (χ2v) is 14.2. The van der Waals surface area contributed by atoms with Crippen LogP contribution in [0, 0.1) is 45.3 Å². The zero-order valence-corrected chi connectivity index (χ0v) is 23.7. The third-order valence-electron chi connectivity index (χ3n) is 11.7. The standard InChI is InChI=1S/C31H46O6/c1-17(9-11-32)12-19(33)13-18(2)20-14-25(37)31(7)27-21(34)15-23-28(3,4)24(36)8-10-29(23,5)26(27)22(35)16-30(20,31)6/h11,17-18,20-21,23,25,34,37H,8-10,12-16H2,1-7H3. The largest absolute Gasteiger partial charge is 0.392 e. The molecule has 0 radical (unpaired) electrons. The van der Waals surface area contributed by atoms with E-state index in [1.165, 1.54) is 0 Å². The van der Waals surface area contributed by atoms with Crippen molar-refractivity contribution in [1.82, 2.24) is 0 Å². The molecule has 206 valence electrons. The van der Waals surface area contributed by atoms with E-state index in [1.807, 2.05) is 34.6 Å². The lowest BCUT2D eigenvalue weighted by molar-refractivity contribution is -0.146. The Kier molecular flexibility index (Phi) is 7.07. The maximum absolute atomic E-state index is 14.1. The van der Waals surface area contributed by atoms with E-state index in [9.17, 15) is 29.4 Å². The molecule has 0 aliphatic heterocycles. The molecule has 9 unspecified atom stereocenters. The Hall–Kier alpha value is -1.66. The Morgan fingerprint density at radius 3 is 2.32 bits per heavy atom. The van der Waals surface area contributed by atoms with Crippen molar-refractivity contribution in [3.63, 3.8) is 0 Å². The summed E-state index contributed by atoms with van der Waals surface area (Å²) in [6, 6.07) is 0. The highest BCUT2D eigenvalue weighted by atomic mass is 16.3. The van der Waals surface area contributed by atoms with Crippen molar-refractivity contribution in [2.45, 2.75) is 112 Å². The average molecular weight is 515 g/mol. The third kappa shape index (κ3) is 3.95. The number of aliphatic hydroxyl groups excluding tert-OH is 2. The number of rotatable bonds is 7. The van der Waals surface area contributed by atoms with E-state index in [2.05, 4.69) is 13.8 Å². The number of Topliss-reactive ketones (excluding diaryl/α,β-unsaturated/α-hetero) is 3. The molecule has 0 bridgehead atoms. The molecule has 9 atom stereocenters. The molecule has 6 heteroatoms. The first kappa shape index (κ1) is 28.4. The van der Waals surface area contributed by atoms with Crippen LogP contribution in [0.15, 0.2) is 11.1 Å². The first-order valence-electron chi connectivity index (χ1n) is 14.2. The second kappa shape index (κ2) is 9.22. The van der Waals surface area contributed by atoms with Gasteiger partial charge in [0.15, 0.2) is 5.78 Å². The van der Waals surface area contributed by atoms with E-state index in [1.54, 1.807) is 0 Å². The maximum atomic E-state index is 14.1. The van der Waals surface area contributed by atoms with Crippen molar-refractivity contribution in [3.8, 4) is 0 Å². The van der Waals surface area contributed by atoms with Crippen molar-refractivity contribution in [2.75, 3.05) is 0 Å². The quantitative estimate of drug-likeness (QED) is 0.479. The van der Waals surface area contributed by atoms with E-state index in [0.717, 1.165) is 6.29 Å². The van der Waals surface area contributed by atoms with Crippen molar-refractivity contribution in [2.24, 2.45) is 45.3 Å². The predicted molar refractivity (Wildman–Crippen MR) is 140 cm³/mol. The molecule has 4 rings (SSSR count). The molecule has 0 aromatic rings. The summed E-state index contributed by atoms with van der Waals surface area (Å²) in [7, 11) is 0. The summed E-state index contributed by atoms with van der Waals surface area (Å²) in [4.78, 5) is 50.6. The zero-order valence-electron chi connectivity index (χ0n) is 23.7. The minimum absolute atomic E-state index is 0.00824. The average Bonchev–Trinajstić information content (AvgIpc) is 2.99. The molecule has 2 N–H and O–H groups in total. The lowest BCUT2D eigenvalue weighted by atomic mass is 9.42. The Labute approximate surface area is 221 Å². The number of ketones is 3. The van der Waals surface area contributed by atoms with E-state index in [4.69, 9.17) is 0 Å². The Balaban J connectivity index is 1.73. The fourth-order valence-electron chi connectivity index (χ4n) is 9.41. The highest BCUT2D eigenvalue weighted by molar-refractivity contribution is 6.01. The minimum Gasteiger partial charge on any atom is -0.392 e. The minimum atomic E-state index is -0.888. The molecule has 37 heavy (non-hydrogen) atoms. The SMILES string of the molecule is CC(CC=O)CC(=O)CC(C)C1CC(O)C2(C)C3=C(C(=O)CC12C)C1(C)CCC(=O)C(C)(C)C1CC3O. The van der Waals surface area contributed by atoms with Gasteiger partial charge in [0.25, 0.3) is 0 Å². The number of hydrogen-bond donors (Lipinski definition) is 2. The Morgan fingerprint density at radius 2 is 1.70 bits per heavy atom. The molecule has 2 fully saturated rings. The molecule has 4 aliphatic carbocycles. The van der Waals surface area contributed by atoms with Gasteiger partial charge in [0.05, 0.1) is 12.2 Å². The van der Waals surface area contributed by atoms with E-state index >= 15 is 0 Å². The normalized spacial score (nSPS) is 42.5. The monoisotopic (exact) mass is 514 g/mol. The van der Waals surface area contributed by atoms with Gasteiger partial charge in [-0.05, 0) is 53.9 Å². The number of aliphatic hydroxyl groups is 2. The van der Waals surface area contributed by atoms with Gasteiger partial charge in [0, 0.05) is 53.9 Å². The van der Waals surface area contributed by atoms with Crippen LogP contribution in [-0.4, -0.2) is 46.1 Å². The molecule has 0 saturated heterocycles. The lowest BCUT2D eigenvalue weighted by Gasteiger charge is -2.61. The van der Waals surface area contributed by atoms with Crippen LogP contribution in [-0.2, 0) is 19.2 Å². The van der Waals surface area contributed by atoms with Crippen molar-refractivity contribution in [3.05, 3.63) is 11.1 Å². The second-order valence-electron chi connectivity index (χ2n) is 14.2. The zero-order chi connectivity index (χ0) is 27.7. The fourth-order valence-corrected chi connectivity index (χ4v) is 9.41. The van der Waals surface area contributed by atoms with Crippen LogP contribution in [0.4, 0.5) is 0 Å². The third-order valence-corrected chi connectivity index (χ3v) is 11.7. The number of hydrogen-bond acceptors (Lipinski definition) is 6. The van der Waals surface area contributed by atoms with Crippen LogP contribution >= 0.6 is 0 Å². The van der Waals surface area contributed by atoms with Gasteiger partial charge >= 0.3 is 0 Å². The molecule has 4 aliphatic rings. The summed E-state index contributed by atoms with van der Waals surface area (Å²) >= 11 is 0. The van der Waals surface area contributed by atoms with Crippen LogP contribution in [0.25, 0.3) is 0 Å². The van der Waals surface area contributed by atoms with Crippen LogP contribution in [0.5, 0.6) is 0 Å². The van der Waals surface area contributed by atoms with Gasteiger partial charge in [-0.2, -0.15) is 0 Å². The first-order chi connectivity index (χ1) is 17.1. The molecule has 0 amide bonds. The summed E-state index contributed by atoms with van der Waals surface area (Å²) in [6.07, 6.45) is 2.47. The van der Waals surface area contributed by atoms with Crippen LogP contribution in [0.1, 0.15) is 99.8 Å². The Morgan fingerprint density at radius 1 is 1.05 bits per heavy atom. The van der Waals surface area contributed by atoms with Gasteiger partial charge in [-0.1, -0.05) is 48.5 Å². The summed E-state index contributed by atoms with van der Waals surface area (Å²) in [5.41, 5.74) is -1.16. The van der Waals surface area contributed by atoms with Gasteiger partial charge < -0.3 is 15.0 Å². The van der Waals surface area contributed by atoms with Crippen LogP contribution in [0.2, 0.25) is 0 Å². The fraction of sp³-hybridized carbons (Fsp3) is 0.806. The first-order valence-corrected chi connectivity index (χ1v) is 14.2. The lowest BCUT2D eigenvalue weighted by Crippen LogP contribution is -2.60.